The first-order valence-corrected chi connectivity index (χ1v) is 9.84. The molecule has 0 aliphatic rings. The van der Waals surface area contributed by atoms with E-state index < -0.39 is 10.0 Å². The van der Waals surface area contributed by atoms with E-state index in [1.54, 1.807) is 13.1 Å². The van der Waals surface area contributed by atoms with Gasteiger partial charge in [-0.1, -0.05) is 26.2 Å². The lowest BCUT2D eigenvalue weighted by Crippen LogP contribution is -2.44. The lowest BCUT2D eigenvalue weighted by atomic mass is 10.1. The Hall–Kier alpha value is -1.67. The van der Waals surface area contributed by atoms with Crippen molar-refractivity contribution in [2.75, 3.05) is 20.1 Å². The molecule has 1 unspecified atom stereocenters. The molecule has 0 radical (unpaired) electrons. The van der Waals surface area contributed by atoms with Crippen LogP contribution in [0.25, 0.3) is 0 Å². The van der Waals surface area contributed by atoms with Gasteiger partial charge in [0.15, 0.2) is 5.96 Å². The van der Waals surface area contributed by atoms with Gasteiger partial charge >= 0.3 is 0 Å². The van der Waals surface area contributed by atoms with Crippen LogP contribution < -0.4 is 15.4 Å². The van der Waals surface area contributed by atoms with E-state index in [1.165, 1.54) is 37.7 Å². The normalized spacial score (nSPS) is 13.5. The lowest BCUT2D eigenvalue weighted by molar-refractivity contribution is 0.546. The van der Waals surface area contributed by atoms with Crippen molar-refractivity contribution in [2.24, 2.45) is 4.99 Å². The van der Waals surface area contributed by atoms with Crippen LogP contribution in [0, 0.1) is 0 Å². The first-order valence-electron chi connectivity index (χ1n) is 8.36. The standard InChI is InChI=1S/C16H29N5O2S/c1-4-5-6-8-14(2)21-16(17-3)19-11-12-20-24(22,23)15-9-7-10-18-13-15/h7,9-10,13-14,20H,4-6,8,11-12H2,1-3H3,(H2,17,19,21). The Balaban J connectivity index is 2.32. The molecule has 7 nitrogen and oxygen atoms in total. The summed E-state index contributed by atoms with van der Waals surface area (Å²) in [5.41, 5.74) is 0. The Morgan fingerprint density at radius 3 is 2.75 bits per heavy atom. The first-order chi connectivity index (χ1) is 11.5. The molecule has 0 saturated heterocycles. The van der Waals surface area contributed by atoms with Crippen LogP contribution in [0.4, 0.5) is 0 Å². The number of aromatic nitrogens is 1. The molecule has 3 N–H and O–H groups in total. The summed E-state index contributed by atoms with van der Waals surface area (Å²) in [6.45, 7) is 5.02. The van der Waals surface area contributed by atoms with Crippen LogP contribution in [0.3, 0.4) is 0 Å². The second-order valence-corrected chi connectivity index (χ2v) is 7.39. The summed E-state index contributed by atoms with van der Waals surface area (Å²) in [5, 5.41) is 6.42. The van der Waals surface area contributed by atoms with E-state index in [0.717, 1.165) is 6.42 Å². The maximum absolute atomic E-state index is 12.0. The zero-order valence-electron chi connectivity index (χ0n) is 14.7. The predicted molar refractivity (Wildman–Crippen MR) is 97.5 cm³/mol. The smallest absolute Gasteiger partial charge is 0.242 e. The Morgan fingerprint density at radius 2 is 2.12 bits per heavy atom. The minimum atomic E-state index is -3.52. The molecular weight excluding hydrogens is 326 g/mol. The molecule has 1 atom stereocenters. The second-order valence-electron chi connectivity index (χ2n) is 5.63. The SMILES string of the molecule is CCCCCC(C)NC(=NC)NCCNS(=O)(=O)c1cccnc1. The second kappa shape index (κ2) is 11.0. The number of nitrogens with zero attached hydrogens (tertiary/aromatic N) is 2. The Bertz CT molecular complexity index is 590. The van der Waals surface area contributed by atoms with Gasteiger partial charge in [-0.3, -0.25) is 9.98 Å². The molecule has 0 spiro atoms. The summed E-state index contributed by atoms with van der Waals surface area (Å²) in [6, 6.07) is 3.44. The third-order valence-electron chi connectivity index (χ3n) is 3.50. The first kappa shape index (κ1) is 20.4. The summed E-state index contributed by atoms with van der Waals surface area (Å²) < 4.78 is 26.6. The largest absolute Gasteiger partial charge is 0.355 e. The number of nitrogens with one attached hydrogen (secondary N) is 3. The fourth-order valence-corrected chi connectivity index (χ4v) is 3.15. The van der Waals surface area contributed by atoms with Crippen molar-refractivity contribution < 1.29 is 8.42 Å². The Morgan fingerprint density at radius 1 is 1.33 bits per heavy atom. The molecule has 0 aliphatic carbocycles. The average molecular weight is 356 g/mol. The van der Waals surface area contributed by atoms with Crippen LogP contribution >= 0.6 is 0 Å². The molecule has 8 heteroatoms. The number of hydrogen-bond acceptors (Lipinski definition) is 4. The van der Waals surface area contributed by atoms with E-state index in [2.05, 4.69) is 39.2 Å². The third kappa shape index (κ3) is 7.74. The van der Waals surface area contributed by atoms with Crippen molar-refractivity contribution in [3.8, 4) is 0 Å². The third-order valence-corrected chi connectivity index (χ3v) is 4.95. The van der Waals surface area contributed by atoms with E-state index in [0.29, 0.717) is 18.5 Å². The highest BCUT2D eigenvalue weighted by Crippen LogP contribution is 2.04. The molecular formula is C16H29N5O2S. The maximum Gasteiger partial charge on any atom is 0.242 e. The van der Waals surface area contributed by atoms with Crippen LogP contribution in [0.5, 0.6) is 0 Å². The van der Waals surface area contributed by atoms with Gasteiger partial charge < -0.3 is 10.6 Å². The van der Waals surface area contributed by atoms with Gasteiger partial charge in [0.25, 0.3) is 0 Å². The summed E-state index contributed by atoms with van der Waals surface area (Å²) in [7, 11) is -1.81. The maximum atomic E-state index is 12.0. The van der Waals surface area contributed by atoms with Gasteiger partial charge in [-0.25, -0.2) is 13.1 Å². The predicted octanol–water partition coefficient (Wildman–Crippen LogP) is 1.49. The van der Waals surface area contributed by atoms with Crippen molar-refractivity contribution >= 4 is 16.0 Å². The molecule has 0 aliphatic heterocycles. The number of pyridine rings is 1. The number of hydrogen-bond donors (Lipinski definition) is 3. The van der Waals surface area contributed by atoms with E-state index in [4.69, 9.17) is 0 Å². The van der Waals surface area contributed by atoms with Gasteiger partial charge in [0, 0.05) is 38.6 Å². The highest BCUT2D eigenvalue weighted by atomic mass is 32.2. The van der Waals surface area contributed by atoms with Crippen LogP contribution in [0.1, 0.15) is 39.5 Å². The van der Waals surface area contributed by atoms with Crippen LogP contribution in [0.15, 0.2) is 34.4 Å². The van der Waals surface area contributed by atoms with Gasteiger partial charge in [-0.2, -0.15) is 0 Å². The highest BCUT2D eigenvalue weighted by molar-refractivity contribution is 7.89. The van der Waals surface area contributed by atoms with Crippen LogP contribution in [-0.4, -0.2) is 45.5 Å². The summed E-state index contributed by atoms with van der Waals surface area (Å²) in [6.07, 6.45) is 7.58. The number of guanidine groups is 1. The molecule has 136 valence electrons. The number of aliphatic imine (C=N–C) groups is 1. The van der Waals surface area contributed by atoms with Gasteiger partial charge in [-0.05, 0) is 25.5 Å². The number of sulfonamides is 1. The van der Waals surface area contributed by atoms with Gasteiger partial charge in [0.2, 0.25) is 10.0 Å². The van der Waals surface area contributed by atoms with Crippen molar-refractivity contribution in [1.82, 2.24) is 20.3 Å². The van der Waals surface area contributed by atoms with Crippen molar-refractivity contribution in [3.05, 3.63) is 24.5 Å². The molecule has 0 saturated carbocycles. The lowest BCUT2D eigenvalue weighted by Gasteiger charge is -2.18. The van der Waals surface area contributed by atoms with E-state index in [9.17, 15) is 8.42 Å². The molecule has 1 heterocycles. The fraction of sp³-hybridized carbons (Fsp3) is 0.625. The van der Waals surface area contributed by atoms with Crippen LogP contribution in [-0.2, 0) is 10.0 Å². The van der Waals surface area contributed by atoms with E-state index >= 15 is 0 Å². The molecule has 0 fully saturated rings. The zero-order valence-corrected chi connectivity index (χ0v) is 15.6. The monoisotopic (exact) mass is 355 g/mol. The summed E-state index contributed by atoms with van der Waals surface area (Å²) in [4.78, 5) is 8.14. The van der Waals surface area contributed by atoms with Crippen molar-refractivity contribution in [1.29, 1.82) is 0 Å². The molecule has 0 bridgehead atoms. The van der Waals surface area contributed by atoms with E-state index in [-0.39, 0.29) is 11.4 Å². The molecule has 0 aromatic carbocycles. The minimum absolute atomic E-state index is 0.164. The molecule has 1 aromatic rings. The van der Waals surface area contributed by atoms with Gasteiger partial charge in [0.05, 0.1) is 0 Å². The Kier molecular flexibility index (Phi) is 9.33. The zero-order chi connectivity index (χ0) is 17.8. The van der Waals surface area contributed by atoms with Gasteiger partial charge in [-0.15, -0.1) is 0 Å². The van der Waals surface area contributed by atoms with Crippen molar-refractivity contribution in [2.45, 2.75) is 50.5 Å². The topological polar surface area (TPSA) is 95.5 Å². The van der Waals surface area contributed by atoms with E-state index in [1.807, 2.05) is 0 Å². The molecule has 1 aromatic heterocycles. The Labute approximate surface area is 145 Å². The highest BCUT2D eigenvalue weighted by Gasteiger charge is 2.13. The average Bonchev–Trinajstić information content (AvgIpc) is 2.58. The summed E-state index contributed by atoms with van der Waals surface area (Å²) >= 11 is 0. The molecule has 24 heavy (non-hydrogen) atoms. The quantitative estimate of drug-likeness (QED) is 0.336. The summed E-state index contributed by atoms with van der Waals surface area (Å²) in [5.74, 6) is 0.680. The van der Waals surface area contributed by atoms with Gasteiger partial charge in [0.1, 0.15) is 4.90 Å². The molecule has 1 rings (SSSR count). The van der Waals surface area contributed by atoms with Crippen molar-refractivity contribution in [3.63, 3.8) is 0 Å². The number of unbranched alkanes of at least 4 members (excludes halogenated alkanes) is 2. The molecule has 0 amide bonds. The fourth-order valence-electron chi connectivity index (χ4n) is 2.16. The van der Waals surface area contributed by atoms with Crippen LogP contribution in [0.2, 0.25) is 0 Å². The number of rotatable bonds is 10. The minimum Gasteiger partial charge on any atom is -0.355 e.